The van der Waals surface area contributed by atoms with E-state index in [1.807, 2.05) is 19.1 Å². The zero-order chi connectivity index (χ0) is 27.8. The molecule has 4 aromatic rings. The first-order valence-corrected chi connectivity index (χ1v) is 13.1. The number of carbonyl (C=O) groups is 3. The molecule has 4 nitrogen and oxygen atoms in total. The second-order valence-electron chi connectivity index (χ2n) is 10.7. The van der Waals surface area contributed by atoms with Gasteiger partial charge < -0.3 is 4.90 Å². The maximum absolute atomic E-state index is 15.8. The van der Waals surface area contributed by atoms with Crippen LogP contribution in [0.15, 0.2) is 97.1 Å². The van der Waals surface area contributed by atoms with Gasteiger partial charge in [-0.3, -0.25) is 14.4 Å². The zero-order valence-corrected chi connectivity index (χ0v) is 21.5. The van der Waals surface area contributed by atoms with E-state index in [4.69, 9.17) is 0 Å². The Balaban J connectivity index is 1.56. The van der Waals surface area contributed by atoms with Gasteiger partial charge in [0.2, 0.25) is 0 Å². The quantitative estimate of drug-likeness (QED) is 0.221. The van der Waals surface area contributed by atoms with Crippen molar-refractivity contribution in [2.75, 3.05) is 4.90 Å². The van der Waals surface area contributed by atoms with Gasteiger partial charge >= 0.3 is 0 Å². The summed E-state index contributed by atoms with van der Waals surface area (Å²) < 4.78 is 30.1. The summed E-state index contributed by atoms with van der Waals surface area (Å²) in [5, 5.41) is 0. The van der Waals surface area contributed by atoms with Crippen LogP contribution in [0.25, 0.3) is 6.08 Å². The molecule has 0 amide bonds. The third kappa shape index (κ3) is 3.13. The molecule has 1 fully saturated rings. The first kappa shape index (κ1) is 24.3. The van der Waals surface area contributed by atoms with Gasteiger partial charge in [0, 0.05) is 33.9 Å². The Morgan fingerprint density at radius 1 is 0.825 bits per heavy atom. The number of benzene rings is 4. The molecule has 4 aromatic carbocycles. The Morgan fingerprint density at radius 3 is 2.15 bits per heavy atom. The van der Waals surface area contributed by atoms with Crippen molar-refractivity contribution < 1.29 is 23.2 Å². The van der Waals surface area contributed by atoms with Crippen molar-refractivity contribution in [2.24, 2.45) is 5.41 Å². The van der Waals surface area contributed by atoms with Crippen LogP contribution in [0.1, 0.15) is 53.7 Å². The fraction of sp³-hybridized carbons (Fsp3) is 0.147. The maximum Gasteiger partial charge on any atom is 0.185 e. The molecule has 2 heterocycles. The second kappa shape index (κ2) is 8.65. The highest BCUT2D eigenvalue weighted by atomic mass is 19.1. The highest BCUT2D eigenvalue weighted by Crippen LogP contribution is 2.61. The molecule has 6 heteroatoms. The molecule has 3 aliphatic rings. The first-order chi connectivity index (χ1) is 19.3. The molecule has 0 N–H and O–H groups in total. The van der Waals surface area contributed by atoms with Crippen molar-refractivity contribution in [3.8, 4) is 0 Å². The van der Waals surface area contributed by atoms with Crippen LogP contribution in [-0.4, -0.2) is 29.4 Å². The van der Waals surface area contributed by atoms with Gasteiger partial charge in [0.05, 0.1) is 6.04 Å². The van der Waals surface area contributed by atoms with Crippen LogP contribution < -0.4 is 4.90 Å². The Bertz CT molecular complexity index is 1740. The Kier molecular flexibility index (Phi) is 5.26. The molecule has 1 spiro atoms. The van der Waals surface area contributed by atoms with Crippen LogP contribution in [0.3, 0.4) is 0 Å². The van der Waals surface area contributed by atoms with Crippen molar-refractivity contribution in [3.05, 3.63) is 142 Å². The molecule has 7 rings (SSSR count). The SMILES string of the molecule is Cc1ccc(C(=O)[C@@H]2[C@@H](c3ccccc3F)C3(C(=O)c4ccccc4C3=O)[C@@H]3C=Cc4cc(F)ccc4N23)cc1. The largest absolute Gasteiger partial charge is 0.352 e. The normalized spacial score (nSPS) is 21.9. The van der Waals surface area contributed by atoms with E-state index >= 15 is 4.39 Å². The number of nitrogens with zero attached hydrogens (tertiary/aromatic N) is 1. The van der Waals surface area contributed by atoms with Gasteiger partial charge in [0.25, 0.3) is 0 Å². The molecule has 3 atom stereocenters. The van der Waals surface area contributed by atoms with E-state index in [-0.39, 0.29) is 22.5 Å². The van der Waals surface area contributed by atoms with Gasteiger partial charge in [-0.2, -0.15) is 0 Å². The number of fused-ring (bicyclic) bond motifs is 5. The third-order valence-electron chi connectivity index (χ3n) is 8.61. The van der Waals surface area contributed by atoms with Crippen LogP contribution in [0.4, 0.5) is 14.5 Å². The summed E-state index contributed by atoms with van der Waals surface area (Å²) in [6.45, 7) is 1.91. The lowest BCUT2D eigenvalue weighted by molar-refractivity contribution is 0.0664. The number of halogens is 2. The van der Waals surface area contributed by atoms with Crippen LogP contribution >= 0.6 is 0 Å². The summed E-state index contributed by atoms with van der Waals surface area (Å²) in [5.74, 6) is -3.44. The molecule has 40 heavy (non-hydrogen) atoms. The first-order valence-electron chi connectivity index (χ1n) is 13.1. The van der Waals surface area contributed by atoms with Gasteiger partial charge in [-0.25, -0.2) is 8.78 Å². The van der Waals surface area contributed by atoms with Crippen LogP contribution in [0, 0.1) is 24.0 Å². The molecule has 0 bridgehead atoms. The maximum atomic E-state index is 15.8. The van der Waals surface area contributed by atoms with Crippen molar-refractivity contribution in [2.45, 2.75) is 24.9 Å². The monoisotopic (exact) mass is 531 g/mol. The van der Waals surface area contributed by atoms with Gasteiger partial charge in [-0.1, -0.05) is 84.4 Å². The summed E-state index contributed by atoms with van der Waals surface area (Å²) >= 11 is 0. The minimum atomic E-state index is -1.81. The number of hydrogen-bond acceptors (Lipinski definition) is 4. The fourth-order valence-electron chi connectivity index (χ4n) is 6.91. The summed E-state index contributed by atoms with van der Waals surface area (Å²) in [7, 11) is 0. The molecule has 2 aliphatic heterocycles. The predicted molar refractivity (Wildman–Crippen MR) is 148 cm³/mol. The fourth-order valence-corrected chi connectivity index (χ4v) is 6.91. The highest BCUT2D eigenvalue weighted by Gasteiger charge is 2.71. The van der Waals surface area contributed by atoms with E-state index in [9.17, 15) is 18.8 Å². The number of anilines is 1. The van der Waals surface area contributed by atoms with Crippen molar-refractivity contribution >= 4 is 29.1 Å². The van der Waals surface area contributed by atoms with Crippen molar-refractivity contribution in [1.29, 1.82) is 0 Å². The molecule has 0 saturated carbocycles. The molecule has 1 saturated heterocycles. The number of rotatable bonds is 3. The van der Waals surface area contributed by atoms with Crippen LogP contribution in [-0.2, 0) is 0 Å². The van der Waals surface area contributed by atoms with E-state index in [1.54, 1.807) is 71.6 Å². The van der Waals surface area contributed by atoms with Gasteiger partial charge in [0.1, 0.15) is 23.1 Å². The van der Waals surface area contributed by atoms with Crippen molar-refractivity contribution in [1.82, 2.24) is 0 Å². The smallest absolute Gasteiger partial charge is 0.185 e. The van der Waals surface area contributed by atoms with Gasteiger partial charge in [0.15, 0.2) is 17.3 Å². The average Bonchev–Trinajstić information content (AvgIpc) is 3.39. The molecule has 1 aliphatic carbocycles. The van der Waals surface area contributed by atoms with E-state index in [0.717, 1.165) is 5.56 Å². The average molecular weight is 532 g/mol. The zero-order valence-electron chi connectivity index (χ0n) is 21.5. The number of aryl methyl sites for hydroxylation is 1. The lowest BCUT2D eigenvalue weighted by Gasteiger charge is -2.37. The number of ketones is 3. The summed E-state index contributed by atoms with van der Waals surface area (Å²) in [6.07, 6.45) is 3.38. The third-order valence-corrected chi connectivity index (χ3v) is 8.61. The molecular formula is C34H23F2NO3. The van der Waals surface area contributed by atoms with E-state index in [0.29, 0.717) is 16.8 Å². The summed E-state index contributed by atoms with van der Waals surface area (Å²) in [4.78, 5) is 45.3. The molecule has 0 unspecified atom stereocenters. The lowest BCUT2D eigenvalue weighted by atomic mass is 9.64. The molecule has 0 radical (unpaired) electrons. The second-order valence-corrected chi connectivity index (χ2v) is 10.7. The van der Waals surface area contributed by atoms with Gasteiger partial charge in [-0.15, -0.1) is 0 Å². The highest BCUT2D eigenvalue weighted by molar-refractivity contribution is 6.32. The van der Waals surface area contributed by atoms with Crippen LogP contribution in [0.5, 0.6) is 0 Å². The molecular weight excluding hydrogens is 508 g/mol. The minimum Gasteiger partial charge on any atom is -0.352 e. The van der Waals surface area contributed by atoms with Crippen LogP contribution in [0.2, 0.25) is 0 Å². The van der Waals surface area contributed by atoms with E-state index < -0.39 is 46.6 Å². The number of carbonyl (C=O) groups excluding carboxylic acids is 3. The standard InChI is InChI=1S/C34H23F2NO3/c1-19-10-12-20(13-11-19)31(38)30-29(25-8-4-5-9-26(25)36)34(32(39)23-6-2-3-7-24(23)33(34)40)28-17-14-21-18-22(35)15-16-27(21)37(28)30/h2-18,28-30H,1H3/t28-,29+,30-/m0/s1. The van der Waals surface area contributed by atoms with Crippen molar-refractivity contribution in [3.63, 3.8) is 0 Å². The Morgan fingerprint density at radius 2 is 1.48 bits per heavy atom. The van der Waals surface area contributed by atoms with E-state index in [2.05, 4.69) is 0 Å². The van der Waals surface area contributed by atoms with E-state index in [1.165, 1.54) is 24.3 Å². The summed E-state index contributed by atoms with van der Waals surface area (Å²) in [6, 6.07) is 21.8. The molecule has 196 valence electrons. The summed E-state index contributed by atoms with van der Waals surface area (Å²) in [5.41, 5.74) is 1.19. The molecule has 0 aromatic heterocycles. The minimum absolute atomic E-state index is 0.119. The topological polar surface area (TPSA) is 54.5 Å². The number of hydrogen-bond donors (Lipinski definition) is 0. The Labute approximate surface area is 229 Å². The van der Waals surface area contributed by atoms with Gasteiger partial charge in [-0.05, 0) is 36.8 Å². The lowest BCUT2D eigenvalue weighted by Crippen LogP contribution is -2.48. The predicted octanol–water partition coefficient (Wildman–Crippen LogP) is 6.59. The Hall–Kier alpha value is -4.71. The number of Topliss-reactive ketones (excluding diaryl/α,β-unsaturated/α-hetero) is 3.